The first-order valence-corrected chi connectivity index (χ1v) is 9.64. The third-order valence-corrected chi connectivity index (χ3v) is 6.39. The lowest BCUT2D eigenvalue weighted by molar-refractivity contribution is 0.00317. The smallest absolute Gasteiger partial charge is 0.214 e. The van der Waals surface area contributed by atoms with Gasteiger partial charge < -0.3 is 15.2 Å². The van der Waals surface area contributed by atoms with Gasteiger partial charge in [-0.25, -0.2) is 12.7 Å². The van der Waals surface area contributed by atoms with Crippen LogP contribution in [0.1, 0.15) is 32.1 Å². The van der Waals surface area contributed by atoms with Gasteiger partial charge in [-0.3, -0.25) is 0 Å². The van der Waals surface area contributed by atoms with Gasteiger partial charge in [0.2, 0.25) is 10.0 Å². The fourth-order valence-corrected chi connectivity index (χ4v) is 4.77. The number of aliphatic hydroxyl groups excluding tert-OH is 1. The molecule has 0 bridgehead atoms. The van der Waals surface area contributed by atoms with Crippen LogP contribution in [0.5, 0.6) is 0 Å². The highest BCUT2D eigenvalue weighted by Gasteiger charge is 2.28. The molecule has 2 heterocycles. The second-order valence-electron chi connectivity index (χ2n) is 5.99. The predicted octanol–water partition coefficient (Wildman–Crippen LogP) is 0.179. The van der Waals surface area contributed by atoms with Gasteiger partial charge in [0, 0.05) is 13.1 Å². The monoisotopic (exact) mass is 320 g/mol. The molecule has 0 aromatic carbocycles. The normalized spacial score (nSPS) is 23.5. The summed E-state index contributed by atoms with van der Waals surface area (Å²) in [6, 6.07) is 0. The fraction of sp³-hybridized carbons (Fsp3) is 1.00. The SMILES string of the molecule is O=S(=O)(CCC1CCNCC1)N1CCC(OCCO)CC1. The van der Waals surface area contributed by atoms with Crippen molar-refractivity contribution >= 4 is 10.0 Å². The van der Waals surface area contributed by atoms with Crippen LogP contribution in [0.15, 0.2) is 0 Å². The number of hydrogen-bond donors (Lipinski definition) is 2. The second-order valence-corrected chi connectivity index (χ2v) is 8.08. The fourth-order valence-electron chi connectivity index (χ4n) is 3.11. The van der Waals surface area contributed by atoms with E-state index in [9.17, 15) is 8.42 Å². The molecule has 0 unspecified atom stereocenters. The largest absolute Gasteiger partial charge is 0.394 e. The third kappa shape index (κ3) is 5.49. The summed E-state index contributed by atoms with van der Waals surface area (Å²) in [4.78, 5) is 0. The highest BCUT2D eigenvalue weighted by molar-refractivity contribution is 7.89. The zero-order valence-electron chi connectivity index (χ0n) is 12.7. The van der Waals surface area contributed by atoms with Gasteiger partial charge in [-0.1, -0.05) is 0 Å². The van der Waals surface area contributed by atoms with E-state index in [1.165, 1.54) is 0 Å². The van der Waals surface area contributed by atoms with Gasteiger partial charge >= 0.3 is 0 Å². The minimum Gasteiger partial charge on any atom is -0.394 e. The predicted molar refractivity (Wildman–Crippen MR) is 81.6 cm³/mol. The molecule has 2 fully saturated rings. The lowest BCUT2D eigenvalue weighted by Gasteiger charge is -2.31. The van der Waals surface area contributed by atoms with Crippen molar-refractivity contribution in [1.29, 1.82) is 0 Å². The molecular formula is C14H28N2O4S. The standard InChI is InChI=1S/C14H28N2O4S/c17-10-11-20-14-3-8-16(9-4-14)21(18,19)12-5-13-1-6-15-7-2-13/h13-15,17H,1-12H2. The Balaban J connectivity index is 1.72. The number of aliphatic hydroxyl groups is 1. The molecule has 2 aliphatic rings. The Kier molecular flexibility index (Phi) is 6.88. The van der Waals surface area contributed by atoms with Gasteiger partial charge in [0.05, 0.1) is 25.1 Å². The van der Waals surface area contributed by atoms with Gasteiger partial charge in [0.25, 0.3) is 0 Å². The molecule has 0 spiro atoms. The number of hydrogen-bond acceptors (Lipinski definition) is 5. The molecule has 7 heteroatoms. The van der Waals surface area contributed by atoms with Gasteiger partial charge in [-0.2, -0.15) is 0 Å². The molecule has 2 rings (SSSR count). The number of rotatable bonds is 7. The Morgan fingerprint density at radius 2 is 1.81 bits per heavy atom. The molecule has 2 saturated heterocycles. The van der Waals surface area contributed by atoms with Crippen LogP contribution in [-0.4, -0.2) is 69.1 Å². The highest BCUT2D eigenvalue weighted by Crippen LogP contribution is 2.21. The molecule has 0 aromatic heterocycles. The summed E-state index contributed by atoms with van der Waals surface area (Å²) in [5, 5.41) is 12.0. The molecule has 0 amide bonds. The first kappa shape index (κ1) is 17.1. The summed E-state index contributed by atoms with van der Waals surface area (Å²) >= 11 is 0. The maximum absolute atomic E-state index is 12.4. The van der Waals surface area contributed by atoms with Crippen molar-refractivity contribution in [3.63, 3.8) is 0 Å². The first-order chi connectivity index (χ1) is 10.1. The molecule has 0 atom stereocenters. The van der Waals surface area contributed by atoms with Crippen LogP contribution in [0.4, 0.5) is 0 Å². The summed E-state index contributed by atoms with van der Waals surface area (Å²) in [6.45, 7) is 3.48. The van der Waals surface area contributed by atoms with E-state index in [-0.39, 0.29) is 18.5 Å². The van der Waals surface area contributed by atoms with Gasteiger partial charge in [-0.15, -0.1) is 0 Å². The molecule has 21 heavy (non-hydrogen) atoms. The van der Waals surface area contributed by atoms with E-state index in [2.05, 4.69) is 5.32 Å². The van der Waals surface area contributed by atoms with Crippen molar-refractivity contribution in [3.8, 4) is 0 Å². The molecule has 2 N–H and O–H groups in total. The number of piperidine rings is 2. The summed E-state index contributed by atoms with van der Waals surface area (Å²) in [5.41, 5.74) is 0. The van der Waals surface area contributed by atoms with Gasteiger partial charge in [0.1, 0.15) is 0 Å². The topological polar surface area (TPSA) is 78.9 Å². The van der Waals surface area contributed by atoms with Crippen LogP contribution in [0.25, 0.3) is 0 Å². The van der Waals surface area contributed by atoms with Gasteiger partial charge in [0.15, 0.2) is 0 Å². The average molecular weight is 320 g/mol. The minimum absolute atomic E-state index is 0.0226. The van der Waals surface area contributed by atoms with Crippen molar-refractivity contribution < 1.29 is 18.3 Å². The Hall–Kier alpha value is -0.210. The molecule has 0 saturated carbocycles. The molecule has 124 valence electrons. The zero-order chi connectivity index (χ0) is 15.1. The number of sulfonamides is 1. The summed E-state index contributed by atoms with van der Waals surface area (Å²) in [7, 11) is -3.12. The van der Waals surface area contributed by atoms with Crippen LogP contribution >= 0.6 is 0 Å². The zero-order valence-corrected chi connectivity index (χ0v) is 13.5. The van der Waals surface area contributed by atoms with Crippen molar-refractivity contribution in [2.24, 2.45) is 5.92 Å². The summed E-state index contributed by atoms with van der Waals surface area (Å²) in [5.74, 6) is 0.825. The van der Waals surface area contributed by atoms with E-state index in [1.54, 1.807) is 4.31 Å². The molecule has 6 nitrogen and oxygen atoms in total. The maximum Gasteiger partial charge on any atom is 0.214 e. The summed E-state index contributed by atoms with van der Waals surface area (Å²) in [6.07, 6.45) is 4.51. The van der Waals surface area contributed by atoms with E-state index < -0.39 is 10.0 Å². The van der Waals surface area contributed by atoms with E-state index in [4.69, 9.17) is 9.84 Å². The number of nitrogens with zero attached hydrogens (tertiary/aromatic N) is 1. The molecule has 2 aliphatic heterocycles. The minimum atomic E-state index is -3.12. The Morgan fingerprint density at radius 3 is 2.43 bits per heavy atom. The lowest BCUT2D eigenvalue weighted by Crippen LogP contribution is -2.42. The van der Waals surface area contributed by atoms with Crippen molar-refractivity contribution in [2.75, 3.05) is 45.1 Å². The van der Waals surface area contributed by atoms with Crippen molar-refractivity contribution in [3.05, 3.63) is 0 Å². The first-order valence-electron chi connectivity index (χ1n) is 8.03. The molecule has 0 aromatic rings. The lowest BCUT2D eigenvalue weighted by atomic mass is 9.96. The van der Waals surface area contributed by atoms with Crippen LogP contribution in [-0.2, 0) is 14.8 Å². The Morgan fingerprint density at radius 1 is 1.14 bits per heavy atom. The second kappa shape index (κ2) is 8.43. The highest BCUT2D eigenvalue weighted by atomic mass is 32.2. The average Bonchev–Trinajstić information content (AvgIpc) is 2.52. The maximum atomic E-state index is 12.4. The summed E-state index contributed by atoms with van der Waals surface area (Å²) < 4.78 is 31.8. The van der Waals surface area contributed by atoms with Crippen LogP contribution < -0.4 is 5.32 Å². The van der Waals surface area contributed by atoms with Gasteiger partial charge in [-0.05, 0) is 51.1 Å². The molecular weight excluding hydrogens is 292 g/mol. The van der Waals surface area contributed by atoms with Crippen LogP contribution in [0, 0.1) is 5.92 Å². The Bertz CT molecular complexity index is 388. The van der Waals surface area contributed by atoms with Crippen molar-refractivity contribution in [2.45, 2.75) is 38.2 Å². The van der Waals surface area contributed by atoms with Crippen LogP contribution in [0.3, 0.4) is 0 Å². The van der Waals surface area contributed by atoms with Crippen molar-refractivity contribution in [1.82, 2.24) is 9.62 Å². The Labute approximate surface area is 127 Å². The van der Waals surface area contributed by atoms with E-state index >= 15 is 0 Å². The van der Waals surface area contributed by atoms with E-state index in [0.29, 0.717) is 25.6 Å². The third-order valence-electron chi connectivity index (χ3n) is 4.48. The number of ether oxygens (including phenoxy) is 1. The molecule has 0 aliphatic carbocycles. The number of nitrogens with one attached hydrogen (secondary N) is 1. The van der Waals surface area contributed by atoms with Crippen LogP contribution in [0.2, 0.25) is 0 Å². The van der Waals surface area contributed by atoms with E-state index in [1.807, 2.05) is 0 Å². The van der Waals surface area contributed by atoms with E-state index in [0.717, 1.165) is 45.2 Å². The quantitative estimate of drug-likeness (QED) is 0.699. The molecule has 0 radical (unpaired) electrons.